The van der Waals surface area contributed by atoms with Gasteiger partial charge in [0, 0.05) is 12.3 Å². The van der Waals surface area contributed by atoms with E-state index in [0.717, 1.165) is 16.7 Å². The summed E-state index contributed by atoms with van der Waals surface area (Å²) in [6, 6.07) is 2.08. The van der Waals surface area contributed by atoms with Crippen molar-refractivity contribution in [1.29, 1.82) is 0 Å². The largest absolute Gasteiger partial charge is 0.357 e. The van der Waals surface area contributed by atoms with Crippen LogP contribution in [0.1, 0.15) is 31.2 Å². The van der Waals surface area contributed by atoms with Crippen molar-refractivity contribution in [3.05, 3.63) is 15.5 Å². The average molecular weight is 292 g/mol. The Kier molecular flexibility index (Phi) is 2.88. The monoisotopic (exact) mass is 292 g/mol. The van der Waals surface area contributed by atoms with Gasteiger partial charge in [0.15, 0.2) is 0 Å². The molecular weight excluding hydrogens is 279 g/mol. The van der Waals surface area contributed by atoms with Crippen molar-refractivity contribution >= 4 is 22.6 Å². The van der Waals surface area contributed by atoms with Crippen LogP contribution in [0.15, 0.2) is 6.07 Å². The molecule has 0 bridgehead atoms. The number of hydrogen-bond donors (Lipinski definition) is 0. The fraction of sp³-hybridized carbons (Fsp3) is 0.667. The van der Waals surface area contributed by atoms with Gasteiger partial charge in [-0.3, -0.25) is 0 Å². The molecule has 1 aliphatic heterocycles. The predicted octanol–water partition coefficient (Wildman–Crippen LogP) is 2.50. The van der Waals surface area contributed by atoms with Gasteiger partial charge in [-0.1, -0.05) is 0 Å². The van der Waals surface area contributed by atoms with Gasteiger partial charge in [-0.25, -0.2) is 4.68 Å². The summed E-state index contributed by atoms with van der Waals surface area (Å²) in [6.45, 7) is 2.95. The topological polar surface area (TPSA) is 27.1 Å². The van der Waals surface area contributed by atoms with Crippen LogP contribution in [0.2, 0.25) is 0 Å². The highest BCUT2D eigenvalue weighted by Crippen LogP contribution is 2.23. The molecule has 0 N–H and O–H groups in total. The molecule has 0 saturated carbocycles. The lowest BCUT2D eigenvalue weighted by molar-refractivity contribution is -0.0408. The van der Waals surface area contributed by atoms with Crippen molar-refractivity contribution < 1.29 is 4.74 Å². The molecule has 1 fully saturated rings. The maximum absolute atomic E-state index is 5.66. The normalized spacial score (nSPS) is 23.4. The maximum atomic E-state index is 5.66. The third-order valence-electron chi connectivity index (χ3n) is 2.32. The minimum absolute atomic E-state index is 0.178. The quantitative estimate of drug-likeness (QED) is 0.744. The molecule has 2 heterocycles. The summed E-state index contributed by atoms with van der Waals surface area (Å²) in [4.78, 5) is 0. The summed E-state index contributed by atoms with van der Waals surface area (Å²) >= 11 is 2.23. The van der Waals surface area contributed by atoms with Gasteiger partial charge in [-0.05, 0) is 54.8 Å². The summed E-state index contributed by atoms with van der Waals surface area (Å²) in [7, 11) is 0. The Balaban J connectivity index is 2.18. The molecule has 13 heavy (non-hydrogen) atoms. The van der Waals surface area contributed by atoms with Crippen LogP contribution in [0.4, 0.5) is 0 Å². The lowest BCUT2D eigenvalue weighted by Crippen LogP contribution is -2.20. The van der Waals surface area contributed by atoms with E-state index in [1.165, 1.54) is 18.5 Å². The van der Waals surface area contributed by atoms with Crippen molar-refractivity contribution in [3.63, 3.8) is 0 Å². The van der Waals surface area contributed by atoms with E-state index in [2.05, 4.69) is 40.7 Å². The third-order valence-corrected chi connectivity index (χ3v) is 2.85. The van der Waals surface area contributed by atoms with E-state index >= 15 is 0 Å². The van der Waals surface area contributed by atoms with Gasteiger partial charge in [0.25, 0.3) is 0 Å². The number of halogens is 1. The average Bonchev–Trinajstić information content (AvgIpc) is 2.47. The number of nitrogens with zero attached hydrogens (tertiary/aromatic N) is 2. The van der Waals surface area contributed by atoms with Crippen LogP contribution in [0.5, 0.6) is 0 Å². The number of ether oxygens (including phenoxy) is 1. The molecule has 0 aromatic carbocycles. The van der Waals surface area contributed by atoms with Crippen LogP contribution in [0.25, 0.3) is 0 Å². The SMILES string of the molecule is Cc1cc(I)nn1C1CCCCO1. The van der Waals surface area contributed by atoms with E-state index in [9.17, 15) is 0 Å². The second-order valence-electron chi connectivity index (χ2n) is 3.37. The van der Waals surface area contributed by atoms with E-state index in [1.54, 1.807) is 0 Å². The van der Waals surface area contributed by atoms with Gasteiger partial charge in [-0.2, -0.15) is 5.10 Å². The molecule has 1 atom stereocenters. The Morgan fingerprint density at radius 3 is 3.00 bits per heavy atom. The van der Waals surface area contributed by atoms with Gasteiger partial charge in [-0.15, -0.1) is 0 Å². The summed E-state index contributed by atoms with van der Waals surface area (Å²) in [5, 5.41) is 4.41. The summed E-state index contributed by atoms with van der Waals surface area (Å²) in [6.07, 6.45) is 3.71. The highest BCUT2D eigenvalue weighted by molar-refractivity contribution is 14.1. The molecule has 1 aromatic rings. The van der Waals surface area contributed by atoms with E-state index in [4.69, 9.17) is 4.74 Å². The molecule has 1 aromatic heterocycles. The van der Waals surface area contributed by atoms with Crippen LogP contribution < -0.4 is 0 Å². The van der Waals surface area contributed by atoms with Crippen molar-refractivity contribution in [3.8, 4) is 0 Å². The predicted molar refractivity (Wildman–Crippen MR) is 58.5 cm³/mol. The van der Waals surface area contributed by atoms with Crippen LogP contribution in [-0.4, -0.2) is 16.4 Å². The molecule has 0 spiro atoms. The zero-order valence-corrected chi connectivity index (χ0v) is 9.82. The first-order valence-corrected chi connectivity index (χ1v) is 5.68. The van der Waals surface area contributed by atoms with Crippen LogP contribution in [0.3, 0.4) is 0 Å². The Morgan fingerprint density at radius 1 is 1.62 bits per heavy atom. The summed E-state index contributed by atoms with van der Waals surface area (Å²) < 4.78 is 8.70. The second-order valence-corrected chi connectivity index (χ2v) is 4.48. The number of aryl methyl sites for hydroxylation is 1. The molecule has 1 aliphatic rings. The number of rotatable bonds is 1. The van der Waals surface area contributed by atoms with Crippen molar-refractivity contribution in [2.45, 2.75) is 32.4 Å². The Bertz CT molecular complexity index is 292. The molecule has 0 amide bonds. The van der Waals surface area contributed by atoms with Crippen LogP contribution >= 0.6 is 22.6 Å². The first-order chi connectivity index (χ1) is 6.27. The van der Waals surface area contributed by atoms with E-state index < -0.39 is 0 Å². The highest BCUT2D eigenvalue weighted by Gasteiger charge is 2.17. The minimum atomic E-state index is 0.178. The van der Waals surface area contributed by atoms with Crippen molar-refractivity contribution in [2.75, 3.05) is 6.61 Å². The fourth-order valence-corrected chi connectivity index (χ4v) is 2.34. The zero-order valence-electron chi connectivity index (χ0n) is 7.66. The van der Waals surface area contributed by atoms with E-state index in [0.29, 0.717) is 0 Å². The Labute approximate surface area is 91.6 Å². The van der Waals surface area contributed by atoms with E-state index in [1.807, 2.05) is 4.68 Å². The lowest BCUT2D eigenvalue weighted by atomic mass is 10.2. The lowest BCUT2D eigenvalue weighted by Gasteiger charge is -2.23. The number of hydrogen-bond acceptors (Lipinski definition) is 2. The molecule has 4 heteroatoms. The second kappa shape index (κ2) is 3.96. The molecule has 72 valence electrons. The standard InChI is InChI=1S/C9H13IN2O/c1-7-6-8(10)11-12(7)9-4-2-3-5-13-9/h6,9H,2-5H2,1H3. The first-order valence-electron chi connectivity index (χ1n) is 4.60. The van der Waals surface area contributed by atoms with Crippen LogP contribution in [-0.2, 0) is 4.74 Å². The number of aromatic nitrogens is 2. The molecule has 3 nitrogen and oxygen atoms in total. The van der Waals surface area contributed by atoms with Crippen molar-refractivity contribution in [2.24, 2.45) is 0 Å². The highest BCUT2D eigenvalue weighted by atomic mass is 127. The zero-order chi connectivity index (χ0) is 9.26. The molecule has 1 unspecified atom stereocenters. The van der Waals surface area contributed by atoms with Gasteiger partial charge >= 0.3 is 0 Å². The summed E-state index contributed by atoms with van der Waals surface area (Å²) in [5.74, 6) is 0. The Morgan fingerprint density at radius 2 is 2.46 bits per heavy atom. The molecule has 0 radical (unpaired) electrons. The molecule has 1 saturated heterocycles. The van der Waals surface area contributed by atoms with Gasteiger partial charge in [0.1, 0.15) is 9.93 Å². The van der Waals surface area contributed by atoms with Gasteiger partial charge in [0.05, 0.1) is 0 Å². The Hall–Kier alpha value is -0.100. The van der Waals surface area contributed by atoms with Gasteiger partial charge in [0.2, 0.25) is 0 Å². The third kappa shape index (κ3) is 2.04. The van der Waals surface area contributed by atoms with Crippen LogP contribution in [0, 0.1) is 10.6 Å². The molecule has 2 rings (SSSR count). The smallest absolute Gasteiger partial charge is 0.150 e. The maximum Gasteiger partial charge on any atom is 0.150 e. The molecule has 0 aliphatic carbocycles. The summed E-state index contributed by atoms with van der Waals surface area (Å²) in [5.41, 5.74) is 1.19. The van der Waals surface area contributed by atoms with E-state index in [-0.39, 0.29) is 6.23 Å². The minimum Gasteiger partial charge on any atom is -0.357 e. The molecular formula is C9H13IN2O. The first kappa shape index (κ1) is 9.45. The van der Waals surface area contributed by atoms with Crippen molar-refractivity contribution in [1.82, 2.24) is 9.78 Å². The van der Waals surface area contributed by atoms with Gasteiger partial charge < -0.3 is 4.74 Å². The fourth-order valence-electron chi connectivity index (χ4n) is 1.66.